The quantitative estimate of drug-likeness (QED) is 0.858. The normalized spacial score (nSPS) is 12.5. The van der Waals surface area contributed by atoms with Crippen molar-refractivity contribution in [3.05, 3.63) is 58.6 Å². The Labute approximate surface area is 153 Å². The third kappa shape index (κ3) is 4.52. The van der Waals surface area contributed by atoms with Crippen LogP contribution in [0, 0.1) is 13.8 Å². The number of nitrogens with zero attached hydrogens (tertiary/aromatic N) is 1. The molecule has 0 radical (unpaired) electrons. The number of nitrogens with one attached hydrogen (secondary N) is 1. The van der Waals surface area contributed by atoms with E-state index in [-0.39, 0.29) is 0 Å². The number of anilines is 2. The molecule has 0 saturated heterocycles. The lowest BCUT2D eigenvalue weighted by molar-refractivity contribution is -0.116. The molecule has 0 spiro atoms. The average Bonchev–Trinajstić information content (AvgIpc) is 2.49. The number of benzene rings is 2. The van der Waals surface area contributed by atoms with Crippen LogP contribution in [0.1, 0.15) is 18.1 Å². The Morgan fingerprint density at radius 1 is 1.12 bits per heavy atom. The van der Waals surface area contributed by atoms with Gasteiger partial charge in [0.2, 0.25) is 15.9 Å². The first-order chi connectivity index (χ1) is 11.6. The maximum absolute atomic E-state index is 12.7. The summed E-state index contributed by atoms with van der Waals surface area (Å²) in [6, 6.07) is 11.2. The number of para-hydroxylation sites is 1. The SMILES string of the molecule is Cc1cccc(C)c1NC(=O)C(C)N(c1cccc(Cl)c1)S(C)(=O)=O. The van der Waals surface area contributed by atoms with E-state index < -0.39 is 22.0 Å². The fourth-order valence-corrected chi connectivity index (χ4v) is 4.01. The van der Waals surface area contributed by atoms with Crippen LogP contribution in [0.15, 0.2) is 42.5 Å². The van der Waals surface area contributed by atoms with E-state index >= 15 is 0 Å². The predicted octanol–water partition coefficient (Wildman–Crippen LogP) is 3.75. The Morgan fingerprint density at radius 3 is 2.20 bits per heavy atom. The van der Waals surface area contributed by atoms with E-state index in [4.69, 9.17) is 11.6 Å². The number of carbonyl (C=O) groups is 1. The van der Waals surface area contributed by atoms with E-state index in [0.29, 0.717) is 16.4 Å². The lowest BCUT2D eigenvalue weighted by Crippen LogP contribution is -2.45. The van der Waals surface area contributed by atoms with Gasteiger partial charge in [-0.15, -0.1) is 0 Å². The number of halogens is 1. The molecule has 0 aliphatic carbocycles. The second-order valence-corrected chi connectivity index (χ2v) is 8.27. The van der Waals surface area contributed by atoms with Crippen molar-refractivity contribution < 1.29 is 13.2 Å². The van der Waals surface area contributed by atoms with Crippen molar-refractivity contribution in [1.82, 2.24) is 0 Å². The van der Waals surface area contributed by atoms with E-state index in [2.05, 4.69) is 5.32 Å². The van der Waals surface area contributed by atoms with Crippen molar-refractivity contribution >= 4 is 38.9 Å². The van der Waals surface area contributed by atoms with Gasteiger partial charge in [0, 0.05) is 10.7 Å². The van der Waals surface area contributed by atoms with Crippen LogP contribution >= 0.6 is 11.6 Å². The van der Waals surface area contributed by atoms with Crippen molar-refractivity contribution in [3.63, 3.8) is 0 Å². The van der Waals surface area contributed by atoms with E-state index in [1.165, 1.54) is 6.07 Å². The highest BCUT2D eigenvalue weighted by atomic mass is 35.5. The second-order valence-electron chi connectivity index (χ2n) is 5.97. The molecule has 2 aromatic rings. The summed E-state index contributed by atoms with van der Waals surface area (Å²) < 4.78 is 25.6. The van der Waals surface area contributed by atoms with Gasteiger partial charge < -0.3 is 5.32 Å². The van der Waals surface area contributed by atoms with Crippen LogP contribution < -0.4 is 9.62 Å². The van der Waals surface area contributed by atoms with Gasteiger partial charge in [-0.05, 0) is 50.1 Å². The van der Waals surface area contributed by atoms with E-state index in [9.17, 15) is 13.2 Å². The zero-order chi connectivity index (χ0) is 18.8. The van der Waals surface area contributed by atoms with Crippen LogP contribution in [0.2, 0.25) is 5.02 Å². The summed E-state index contributed by atoms with van der Waals surface area (Å²) in [6.45, 7) is 5.32. The monoisotopic (exact) mass is 380 g/mol. The summed E-state index contributed by atoms with van der Waals surface area (Å²) in [5, 5.41) is 3.23. The molecule has 5 nitrogen and oxygen atoms in total. The Balaban J connectivity index is 2.37. The van der Waals surface area contributed by atoms with Crippen molar-refractivity contribution in [2.75, 3.05) is 15.9 Å². The zero-order valence-corrected chi connectivity index (χ0v) is 16.1. The summed E-state index contributed by atoms with van der Waals surface area (Å²) in [5.74, 6) is -0.414. The molecule has 0 bridgehead atoms. The Morgan fingerprint density at radius 2 is 1.68 bits per heavy atom. The smallest absolute Gasteiger partial charge is 0.248 e. The summed E-state index contributed by atoms with van der Waals surface area (Å²) in [5.41, 5.74) is 2.86. The van der Waals surface area contributed by atoms with Crippen LogP contribution in [-0.4, -0.2) is 26.6 Å². The Hall–Kier alpha value is -2.05. The van der Waals surface area contributed by atoms with Crippen LogP contribution in [0.5, 0.6) is 0 Å². The maximum Gasteiger partial charge on any atom is 0.248 e. The summed E-state index contributed by atoms with van der Waals surface area (Å²) in [6.07, 6.45) is 1.07. The third-order valence-electron chi connectivity index (χ3n) is 3.88. The van der Waals surface area contributed by atoms with Crippen molar-refractivity contribution in [2.45, 2.75) is 26.8 Å². The van der Waals surface area contributed by atoms with Crippen LogP contribution in [0.3, 0.4) is 0 Å². The molecule has 0 aromatic heterocycles. The molecule has 1 N–H and O–H groups in total. The predicted molar refractivity (Wildman–Crippen MR) is 103 cm³/mol. The van der Waals surface area contributed by atoms with E-state index in [1.54, 1.807) is 25.1 Å². The minimum atomic E-state index is -3.68. The van der Waals surface area contributed by atoms with Crippen molar-refractivity contribution in [2.24, 2.45) is 0 Å². The number of hydrogen-bond donors (Lipinski definition) is 1. The van der Waals surface area contributed by atoms with E-state index in [0.717, 1.165) is 21.7 Å². The molecule has 0 fully saturated rings. The first kappa shape index (κ1) is 19.3. The molecule has 134 valence electrons. The van der Waals surface area contributed by atoms with Crippen molar-refractivity contribution in [3.8, 4) is 0 Å². The summed E-state index contributed by atoms with van der Waals surface area (Å²) >= 11 is 5.97. The highest BCUT2D eigenvalue weighted by Gasteiger charge is 2.29. The molecule has 2 aromatic carbocycles. The number of rotatable bonds is 5. The van der Waals surface area contributed by atoms with Crippen LogP contribution in [-0.2, 0) is 14.8 Å². The topological polar surface area (TPSA) is 66.5 Å². The third-order valence-corrected chi connectivity index (χ3v) is 5.36. The first-order valence-corrected chi connectivity index (χ1v) is 9.96. The number of sulfonamides is 1. The highest BCUT2D eigenvalue weighted by molar-refractivity contribution is 7.92. The molecule has 7 heteroatoms. The van der Waals surface area contributed by atoms with Gasteiger partial charge in [-0.25, -0.2) is 8.42 Å². The summed E-state index contributed by atoms with van der Waals surface area (Å²) in [4.78, 5) is 12.7. The van der Waals surface area contributed by atoms with E-state index in [1.807, 2.05) is 32.0 Å². The molecular weight excluding hydrogens is 360 g/mol. The fourth-order valence-electron chi connectivity index (χ4n) is 2.66. The fraction of sp³-hybridized carbons (Fsp3) is 0.278. The van der Waals surface area contributed by atoms with Gasteiger partial charge in [0.15, 0.2) is 0 Å². The van der Waals surface area contributed by atoms with Gasteiger partial charge in [-0.2, -0.15) is 0 Å². The second kappa shape index (κ2) is 7.45. The molecule has 1 atom stereocenters. The molecule has 0 heterocycles. The molecular formula is C18H21ClN2O3S. The van der Waals surface area contributed by atoms with Crippen LogP contribution in [0.25, 0.3) is 0 Å². The Kier molecular flexibility index (Phi) is 5.75. The Bertz CT molecular complexity index is 877. The maximum atomic E-state index is 12.7. The zero-order valence-electron chi connectivity index (χ0n) is 14.6. The van der Waals surface area contributed by atoms with Gasteiger partial charge >= 0.3 is 0 Å². The van der Waals surface area contributed by atoms with Gasteiger partial charge in [-0.1, -0.05) is 35.9 Å². The van der Waals surface area contributed by atoms with Crippen LogP contribution in [0.4, 0.5) is 11.4 Å². The molecule has 0 aliphatic rings. The number of carbonyl (C=O) groups excluding carboxylic acids is 1. The van der Waals surface area contributed by atoms with Gasteiger partial charge in [0.1, 0.15) is 6.04 Å². The molecule has 2 rings (SSSR count). The van der Waals surface area contributed by atoms with Gasteiger partial charge in [0.05, 0.1) is 11.9 Å². The molecule has 25 heavy (non-hydrogen) atoms. The van der Waals surface area contributed by atoms with Gasteiger partial charge in [-0.3, -0.25) is 9.10 Å². The lowest BCUT2D eigenvalue weighted by atomic mass is 10.1. The summed E-state index contributed by atoms with van der Waals surface area (Å²) in [7, 11) is -3.68. The van der Waals surface area contributed by atoms with Crippen molar-refractivity contribution in [1.29, 1.82) is 0 Å². The number of aryl methyl sites for hydroxylation is 2. The van der Waals surface area contributed by atoms with Gasteiger partial charge in [0.25, 0.3) is 0 Å². The average molecular weight is 381 g/mol. The largest absolute Gasteiger partial charge is 0.324 e. The number of hydrogen-bond acceptors (Lipinski definition) is 3. The first-order valence-electron chi connectivity index (χ1n) is 7.73. The highest BCUT2D eigenvalue weighted by Crippen LogP contribution is 2.25. The standard InChI is InChI=1S/C18H21ClN2O3S/c1-12-7-5-8-13(2)17(12)20-18(22)14(3)21(25(4,23)24)16-10-6-9-15(19)11-16/h5-11,14H,1-4H3,(H,20,22). The lowest BCUT2D eigenvalue weighted by Gasteiger charge is -2.28. The molecule has 0 aliphatic heterocycles. The molecule has 1 amide bonds. The number of amides is 1. The minimum Gasteiger partial charge on any atom is -0.324 e. The minimum absolute atomic E-state index is 0.346. The molecule has 1 unspecified atom stereocenters. The molecule has 0 saturated carbocycles.